The number of hydrogen-bond acceptors (Lipinski definition) is 3. The molecule has 0 spiro atoms. The van der Waals surface area contributed by atoms with Crippen molar-refractivity contribution in [2.24, 2.45) is 0 Å². The Morgan fingerprint density at radius 3 is 2.95 bits per heavy atom. The van der Waals surface area contributed by atoms with Gasteiger partial charge in [-0.05, 0) is 30.3 Å². The maximum absolute atomic E-state index is 13.2. The Kier molecular flexibility index (Phi) is 4.53. The summed E-state index contributed by atoms with van der Waals surface area (Å²) in [6, 6.07) is 7.16. The zero-order valence-corrected chi connectivity index (χ0v) is 10.5. The van der Waals surface area contributed by atoms with Crippen LogP contribution < -0.4 is 5.32 Å². The molecule has 5 heteroatoms. The molecule has 0 atom stereocenters. The normalized spacial score (nSPS) is 9.70. The second-order valence-corrected chi connectivity index (χ2v) is 3.91. The fourth-order valence-corrected chi connectivity index (χ4v) is 1.62. The first-order chi connectivity index (χ1) is 9.70. The lowest BCUT2D eigenvalue weighted by Crippen LogP contribution is -2.23. The van der Waals surface area contributed by atoms with E-state index in [1.807, 2.05) is 0 Å². The van der Waals surface area contributed by atoms with E-state index in [9.17, 15) is 9.18 Å². The largest absolute Gasteiger partial charge is 0.467 e. The number of carbonyl (C=O) groups is 1. The molecular weight excluding hydrogens is 261 g/mol. The number of benzene rings is 1. The summed E-state index contributed by atoms with van der Waals surface area (Å²) >= 11 is 0. The number of amides is 1. The lowest BCUT2D eigenvalue weighted by molar-refractivity contribution is 0.0947. The molecule has 0 fully saturated rings. The van der Waals surface area contributed by atoms with Gasteiger partial charge in [0.25, 0.3) is 5.91 Å². The van der Waals surface area contributed by atoms with E-state index in [4.69, 9.17) is 9.52 Å². The van der Waals surface area contributed by atoms with Crippen LogP contribution in [-0.4, -0.2) is 17.6 Å². The van der Waals surface area contributed by atoms with Crippen molar-refractivity contribution in [2.75, 3.05) is 6.61 Å². The number of hydrogen-bond donors (Lipinski definition) is 2. The van der Waals surface area contributed by atoms with Gasteiger partial charge >= 0.3 is 0 Å². The lowest BCUT2D eigenvalue weighted by Gasteiger charge is -2.06. The van der Waals surface area contributed by atoms with Crippen molar-refractivity contribution in [2.45, 2.75) is 6.54 Å². The van der Waals surface area contributed by atoms with Gasteiger partial charge in [-0.1, -0.05) is 11.8 Å². The first-order valence-corrected chi connectivity index (χ1v) is 5.90. The van der Waals surface area contributed by atoms with E-state index in [0.717, 1.165) is 6.07 Å². The number of nitrogens with one attached hydrogen (secondary N) is 1. The summed E-state index contributed by atoms with van der Waals surface area (Å²) in [6.07, 6.45) is 1.50. The van der Waals surface area contributed by atoms with Crippen LogP contribution in [0.1, 0.15) is 21.7 Å². The van der Waals surface area contributed by atoms with Gasteiger partial charge in [0.05, 0.1) is 18.4 Å². The maximum atomic E-state index is 13.2. The van der Waals surface area contributed by atoms with E-state index in [-0.39, 0.29) is 18.7 Å². The summed E-state index contributed by atoms with van der Waals surface area (Å²) in [6.45, 7) is -0.125. The van der Waals surface area contributed by atoms with Crippen molar-refractivity contribution in [1.29, 1.82) is 0 Å². The third-order valence-corrected chi connectivity index (χ3v) is 2.53. The Bertz CT molecular complexity index is 653. The van der Waals surface area contributed by atoms with E-state index in [1.165, 1.54) is 18.4 Å². The monoisotopic (exact) mass is 273 g/mol. The van der Waals surface area contributed by atoms with Gasteiger partial charge in [-0.15, -0.1) is 0 Å². The highest BCUT2D eigenvalue weighted by Gasteiger charge is 2.11. The Morgan fingerprint density at radius 1 is 1.40 bits per heavy atom. The number of furan rings is 1. The van der Waals surface area contributed by atoms with E-state index in [0.29, 0.717) is 11.3 Å². The number of aliphatic hydroxyl groups excluding tert-OH is 1. The summed E-state index contributed by atoms with van der Waals surface area (Å²) in [7, 11) is 0. The minimum absolute atomic E-state index is 0.123. The summed E-state index contributed by atoms with van der Waals surface area (Å²) < 4.78 is 18.3. The fourth-order valence-electron chi connectivity index (χ4n) is 1.62. The fraction of sp³-hybridized carbons (Fsp3) is 0.133. The average Bonchev–Trinajstić information content (AvgIpc) is 2.96. The van der Waals surface area contributed by atoms with E-state index in [2.05, 4.69) is 17.2 Å². The van der Waals surface area contributed by atoms with E-state index < -0.39 is 11.7 Å². The van der Waals surface area contributed by atoms with Crippen LogP contribution in [0.25, 0.3) is 0 Å². The standard InChI is InChI=1S/C15H12FNO3/c16-12-6-5-11(3-1-7-18)14(9-12)15(19)17-10-13-4-2-8-20-13/h2,4-6,8-9,18H,7,10H2,(H,17,19). The van der Waals surface area contributed by atoms with Crippen LogP contribution in [0.3, 0.4) is 0 Å². The molecule has 0 saturated carbocycles. The molecule has 1 heterocycles. The molecule has 0 saturated heterocycles. The zero-order chi connectivity index (χ0) is 14.4. The molecule has 1 amide bonds. The Morgan fingerprint density at radius 2 is 2.25 bits per heavy atom. The second kappa shape index (κ2) is 6.55. The predicted molar refractivity (Wildman–Crippen MR) is 70.2 cm³/mol. The maximum Gasteiger partial charge on any atom is 0.253 e. The van der Waals surface area contributed by atoms with Crippen LogP contribution in [0.5, 0.6) is 0 Å². The van der Waals surface area contributed by atoms with Gasteiger partial charge in [-0.2, -0.15) is 0 Å². The van der Waals surface area contributed by atoms with Crippen molar-refractivity contribution >= 4 is 5.91 Å². The number of carbonyl (C=O) groups excluding carboxylic acids is 1. The van der Waals surface area contributed by atoms with Crippen molar-refractivity contribution in [3.8, 4) is 11.8 Å². The number of aliphatic hydroxyl groups is 1. The Balaban J connectivity index is 2.17. The number of rotatable bonds is 3. The predicted octanol–water partition coefficient (Wildman–Crippen LogP) is 1.69. The molecule has 0 radical (unpaired) electrons. The topological polar surface area (TPSA) is 62.5 Å². The van der Waals surface area contributed by atoms with Gasteiger partial charge in [-0.25, -0.2) is 4.39 Å². The molecule has 2 N–H and O–H groups in total. The van der Waals surface area contributed by atoms with Crippen LogP contribution in [-0.2, 0) is 6.54 Å². The van der Waals surface area contributed by atoms with Crippen LogP contribution in [0.15, 0.2) is 41.0 Å². The molecule has 2 aromatic rings. The number of halogens is 1. The first kappa shape index (κ1) is 13.8. The third kappa shape index (κ3) is 3.46. The minimum atomic E-state index is -0.525. The molecule has 1 aromatic carbocycles. The van der Waals surface area contributed by atoms with E-state index in [1.54, 1.807) is 12.1 Å². The molecule has 0 unspecified atom stereocenters. The molecular formula is C15H12FNO3. The van der Waals surface area contributed by atoms with Crippen LogP contribution >= 0.6 is 0 Å². The van der Waals surface area contributed by atoms with Crippen LogP contribution in [0.2, 0.25) is 0 Å². The molecule has 0 aliphatic rings. The van der Waals surface area contributed by atoms with Gasteiger partial charge in [-0.3, -0.25) is 4.79 Å². The SMILES string of the molecule is O=C(NCc1ccco1)c1cc(F)ccc1C#CCO. The van der Waals surface area contributed by atoms with Crippen molar-refractivity contribution in [3.05, 3.63) is 59.3 Å². The lowest BCUT2D eigenvalue weighted by atomic mass is 10.1. The summed E-state index contributed by atoms with van der Waals surface area (Å²) in [5.74, 6) is 4.66. The molecule has 20 heavy (non-hydrogen) atoms. The zero-order valence-electron chi connectivity index (χ0n) is 10.5. The van der Waals surface area contributed by atoms with Crippen molar-refractivity contribution in [3.63, 3.8) is 0 Å². The van der Waals surface area contributed by atoms with Gasteiger partial charge in [0, 0.05) is 5.56 Å². The van der Waals surface area contributed by atoms with Gasteiger partial charge in [0.1, 0.15) is 18.2 Å². The molecule has 4 nitrogen and oxygen atoms in total. The molecule has 102 valence electrons. The molecule has 2 rings (SSSR count). The molecule has 1 aromatic heterocycles. The highest BCUT2D eigenvalue weighted by atomic mass is 19.1. The highest BCUT2D eigenvalue weighted by molar-refractivity contribution is 5.96. The summed E-state index contributed by atoms with van der Waals surface area (Å²) in [5.41, 5.74) is 0.481. The third-order valence-electron chi connectivity index (χ3n) is 2.53. The average molecular weight is 273 g/mol. The smallest absolute Gasteiger partial charge is 0.253 e. The van der Waals surface area contributed by atoms with E-state index >= 15 is 0 Å². The molecule has 0 bridgehead atoms. The van der Waals surface area contributed by atoms with Crippen molar-refractivity contribution < 1.29 is 18.7 Å². The summed E-state index contributed by atoms with van der Waals surface area (Å²) in [4.78, 5) is 12.0. The quantitative estimate of drug-likeness (QED) is 0.837. The first-order valence-electron chi connectivity index (χ1n) is 5.90. The second-order valence-electron chi connectivity index (χ2n) is 3.91. The van der Waals surface area contributed by atoms with Crippen LogP contribution in [0, 0.1) is 17.7 Å². The highest BCUT2D eigenvalue weighted by Crippen LogP contribution is 2.11. The van der Waals surface area contributed by atoms with Gasteiger partial charge in [0.15, 0.2) is 0 Å². The molecule has 0 aliphatic heterocycles. The Labute approximate surface area is 115 Å². The minimum Gasteiger partial charge on any atom is -0.467 e. The van der Waals surface area contributed by atoms with Gasteiger partial charge in [0.2, 0.25) is 0 Å². The van der Waals surface area contributed by atoms with Gasteiger partial charge < -0.3 is 14.8 Å². The molecule has 0 aliphatic carbocycles. The Hall–Kier alpha value is -2.58. The summed E-state index contributed by atoms with van der Waals surface area (Å²) in [5, 5.41) is 11.3. The van der Waals surface area contributed by atoms with Crippen LogP contribution in [0.4, 0.5) is 4.39 Å². The van der Waals surface area contributed by atoms with Crippen molar-refractivity contribution in [1.82, 2.24) is 5.32 Å².